The Hall–Kier alpha value is -0.520. The molecule has 15 heavy (non-hydrogen) atoms. The van der Waals surface area contributed by atoms with Gasteiger partial charge in [0, 0.05) is 37.2 Å². The molecular formula is C10H17N3OS. The van der Waals surface area contributed by atoms with Crippen LogP contribution in [0.1, 0.15) is 11.5 Å². The standard InChI is InChI=1S/C10H17N3OS/c1-11-7-9-6-10(14-12-9)8-13-2-4-15-5-3-13/h6,11H,2-5,7-8H2,1H3. The zero-order valence-electron chi connectivity index (χ0n) is 9.03. The fourth-order valence-corrected chi connectivity index (χ4v) is 2.65. The van der Waals surface area contributed by atoms with Gasteiger partial charge in [-0.05, 0) is 7.05 Å². The van der Waals surface area contributed by atoms with Gasteiger partial charge in [-0.2, -0.15) is 11.8 Å². The van der Waals surface area contributed by atoms with Crippen molar-refractivity contribution in [2.24, 2.45) is 0 Å². The summed E-state index contributed by atoms with van der Waals surface area (Å²) in [6.07, 6.45) is 0. The SMILES string of the molecule is CNCc1cc(CN2CCSCC2)on1. The Bertz CT molecular complexity index is 297. The molecule has 0 aliphatic carbocycles. The van der Waals surface area contributed by atoms with Gasteiger partial charge in [0.15, 0.2) is 5.76 Å². The van der Waals surface area contributed by atoms with Crippen molar-refractivity contribution in [2.75, 3.05) is 31.6 Å². The molecule has 0 amide bonds. The minimum absolute atomic E-state index is 0.777. The largest absolute Gasteiger partial charge is 0.360 e. The summed E-state index contributed by atoms with van der Waals surface area (Å²) >= 11 is 2.02. The third-order valence-electron chi connectivity index (χ3n) is 2.45. The predicted molar refractivity (Wildman–Crippen MR) is 61.9 cm³/mol. The van der Waals surface area contributed by atoms with Crippen molar-refractivity contribution in [1.29, 1.82) is 0 Å². The summed E-state index contributed by atoms with van der Waals surface area (Å²) in [5.41, 5.74) is 0.985. The van der Waals surface area contributed by atoms with E-state index in [2.05, 4.69) is 15.4 Å². The molecule has 0 unspecified atom stereocenters. The Kier molecular flexibility index (Phi) is 4.05. The molecule has 1 aromatic rings. The molecule has 0 spiro atoms. The molecule has 1 aliphatic heterocycles. The minimum atomic E-state index is 0.777. The Morgan fingerprint density at radius 3 is 3.07 bits per heavy atom. The number of hydrogen-bond acceptors (Lipinski definition) is 5. The van der Waals surface area contributed by atoms with Gasteiger partial charge in [0.25, 0.3) is 0 Å². The highest BCUT2D eigenvalue weighted by atomic mass is 32.2. The van der Waals surface area contributed by atoms with Crippen LogP contribution in [0.5, 0.6) is 0 Å². The smallest absolute Gasteiger partial charge is 0.151 e. The summed E-state index contributed by atoms with van der Waals surface area (Å²) in [5.74, 6) is 3.45. The Morgan fingerprint density at radius 2 is 2.33 bits per heavy atom. The van der Waals surface area contributed by atoms with E-state index in [1.807, 2.05) is 24.9 Å². The fourth-order valence-electron chi connectivity index (χ4n) is 1.67. The van der Waals surface area contributed by atoms with Gasteiger partial charge in [0.05, 0.1) is 12.2 Å². The maximum atomic E-state index is 5.28. The first kappa shape index (κ1) is 11.0. The molecule has 5 heteroatoms. The van der Waals surface area contributed by atoms with Gasteiger partial charge >= 0.3 is 0 Å². The van der Waals surface area contributed by atoms with Gasteiger partial charge in [0.2, 0.25) is 0 Å². The van der Waals surface area contributed by atoms with Gasteiger partial charge in [-0.3, -0.25) is 4.90 Å². The van der Waals surface area contributed by atoms with E-state index in [0.717, 1.165) is 37.6 Å². The summed E-state index contributed by atoms with van der Waals surface area (Å²) < 4.78 is 5.28. The molecule has 0 saturated carbocycles. The highest BCUT2D eigenvalue weighted by Crippen LogP contribution is 2.13. The van der Waals surface area contributed by atoms with Gasteiger partial charge in [-0.25, -0.2) is 0 Å². The van der Waals surface area contributed by atoms with E-state index in [-0.39, 0.29) is 0 Å². The molecule has 1 N–H and O–H groups in total. The van der Waals surface area contributed by atoms with E-state index in [1.165, 1.54) is 11.5 Å². The summed E-state index contributed by atoms with van der Waals surface area (Å²) in [4.78, 5) is 2.42. The van der Waals surface area contributed by atoms with Crippen LogP contribution in [0.15, 0.2) is 10.6 Å². The van der Waals surface area contributed by atoms with Crippen molar-refractivity contribution in [3.63, 3.8) is 0 Å². The highest BCUT2D eigenvalue weighted by Gasteiger charge is 2.13. The summed E-state index contributed by atoms with van der Waals surface area (Å²) in [5, 5.41) is 7.06. The van der Waals surface area contributed by atoms with Crippen LogP contribution in [-0.4, -0.2) is 41.7 Å². The van der Waals surface area contributed by atoms with Crippen LogP contribution in [-0.2, 0) is 13.1 Å². The lowest BCUT2D eigenvalue weighted by Gasteiger charge is -2.24. The van der Waals surface area contributed by atoms with Crippen molar-refractivity contribution < 1.29 is 4.52 Å². The molecule has 84 valence electrons. The second-order valence-electron chi connectivity index (χ2n) is 3.70. The lowest BCUT2D eigenvalue weighted by atomic mass is 10.3. The van der Waals surface area contributed by atoms with Crippen LogP contribution in [0.4, 0.5) is 0 Å². The van der Waals surface area contributed by atoms with Crippen LogP contribution in [0.2, 0.25) is 0 Å². The highest BCUT2D eigenvalue weighted by molar-refractivity contribution is 7.99. The molecule has 1 saturated heterocycles. The number of nitrogens with one attached hydrogen (secondary N) is 1. The van der Waals surface area contributed by atoms with Crippen LogP contribution >= 0.6 is 11.8 Å². The Morgan fingerprint density at radius 1 is 1.53 bits per heavy atom. The van der Waals surface area contributed by atoms with Crippen LogP contribution in [0.3, 0.4) is 0 Å². The average molecular weight is 227 g/mol. The van der Waals surface area contributed by atoms with Crippen LogP contribution < -0.4 is 5.32 Å². The molecule has 1 aromatic heterocycles. The zero-order valence-corrected chi connectivity index (χ0v) is 9.85. The molecule has 1 fully saturated rings. The van der Waals surface area contributed by atoms with Gasteiger partial charge < -0.3 is 9.84 Å². The number of aromatic nitrogens is 1. The van der Waals surface area contributed by atoms with Crippen LogP contribution in [0, 0.1) is 0 Å². The number of hydrogen-bond donors (Lipinski definition) is 1. The quantitative estimate of drug-likeness (QED) is 0.829. The normalized spacial score (nSPS) is 18.2. The second kappa shape index (κ2) is 5.53. The average Bonchev–Trinajstić information content (AvgIpc) is 2.68. The Balaban J connectivity index is 1.86. The molecule has 4 nitrogen and oxygen atoms in total. The molecule has 1 aliphatic rings. The van der Waals surface area contributed by atoms with Crippen molar-refractivity contribution in [3.05, 3.63) is 17.5 Å². The number of thioether (sulfide) groups is 1. The number of nitrogens with zero attached hydrogens (tertiary/aromatic N) is 2. The van der Waals surface area contributed by atoms with Crippen molar-refractivity contribution in [3.8, 4) is 0 Å². The van der Waals surface area contributed by atoms with Gasteiger partial charge in [0.1, 0.15) is 0 Å². The summed E-state index contributed by atoms with van der Waals surface area (Å²) in [6, 6.07) is 2.04. The van der Waals surface area contributed by atoms with Gasteiger partial charge in [-0.1, -0.05) is 5.16 Å². The topological polar surface area (TPSA) is 41.3 Å². The molecular weight excluding hydrogens is 210 g/mol. The molecule has 0 atom stereocenters. The maximum absolute atomic E-state index is 5.28. The molecule has 0 bridgehead atoms. The molecule has 0 radical (unpaired) electrons. The maximum Gasteiger partial charge on any atom is 0.151 e. The van der Waals surface area contributed by atoms with E-state index >= 15 is 0 Å². The lowest BCUT2D eigenvalue weighted by molar-refractivity contribution is 0.250. The van der Waals surface area contributed by atoms with E-state index in [4.69, 9.17) is 4.52 Å². The van der Waals surface area contributed by atoms with E-state index < -0.39 is 0 Å². The number of rotatable bonds is 4. The molecule has 0 aromatic carbocycles. The van der Waals surface area contributed by atoms with Crippen molar-refractivity contribution in [2.45, 2.75) is 13.1 Å². The van der Waals surface area contributed by atoms with Gasteiger partial charge in [-0.15, -0.1) is 0 Å². The Labute approximate surface area is 94.4 Å². The molecule has 2 rings (SSSR count). The predicted octanol–water partition coefficient (Wildman–Crippen LogP) is 0.943. The first-order chi connectivity index (χ1) is 7.38. The third kappa shape index (κ3) is 3.22. The second-order valence-corrected chi connectivity index (χ2v) is 4.93. The van der Waals surface area contributed by atoms with E-state index in [1.54, 1.807) is 0 Å². The van der Waals surface area contributed by atoms with Crippen molar-refractivity contribution in [1.82, 2.24) is 15.4 Å². The summed E-state index contributed by atoms with van der Waals surface area (Å²) in [7, 11) is 1.91. The fraction of sp³-hybridized carbons (Fsp3) is 0.700. The van der Waals surface area contributed by atoms with E-state index in [0.29, 0.717) is 0 Å². The minimum Gasteiger partial charge on any atom is -0.360 e. The monoisotopic (exact) mass is 227 g/mol. The van der Waals surface area contributed by atoms with Crippen LogP contribution in [0.25, 0.3) is 0 Å². The molecule has 2 heterocycles. The zero-order chi connectivity index (χ0) is 10.5. The first-order valence-electron chi connectivity index (χ1n) is 5.27. The third-order valence-corrected chi connectivity index (χ3v) is 3.39. The van der Waals surface area contributed by atoms with E-state index in [9.17, 15) is 0 Å². The first-order valence-corrected chi connectivity index (χ1v) is 6.43. The lowest BCUT2D eigenvalue weighted by Crippen LogP contribution is -2.31. The van der Waals surface area contributed by atoms with Crippen molar-refractivity contribution >= 4 is 11.8 Å². The summed E-state index contributed by atoms with van der Waals surface area (Å²) in [6.45, 7) is 4.00.